The van der Waals surface area contributed by atoms with Crippen LogP contribution >= 0.6 is 11.3 Å². The van der Waals surface area contributed by atoms with Gasteiger partial charge in [0.15, 0.2) is 11.5 Å². The van der Waals surface area contributed by atoms with Crippen LogP contribution in [0.3, 0.4) is 0 Å². The van der Waals surface area contributed by atoms with E-state index in [1.54, 1.807) is 11.3 Å². The van der Waals surface area contributed by atoms with E-state index in [-0.39, 0.29) is 0 Å². The number of fused-ring (bicyclic) bond motifs is 1. The molecular weight excluding hydrogens is 284 g/mol. The van der Waals surface area contributed by atoms with Gasteiger partial charge in [-0.1, -0.05) is 13.0 Å². The predicted octanol–water partition coefficient (Wildman–Crippen LogP) is 2.81. The highest BCUT2D eigenvalue weighted by atomic mass is 32.1. The van der Waals surface area contributed by atoms with Gasteiger partial charge < -0.3 is 14.8 Å². The molecule has 1 aliphatic heterocycles. The van der Waals surface area contributed by atoms with Crippen molar-refractivity contribution < 1.29 is 9.47 Å². The minimum absolute atomic E-state index is 0.637. The van der Waals surface area contributed by atoms with Crippen molar-refractivity contribution in [1.82, 2.24) is 10.3 Å². The number of nitrogens with one attached hydrogen (secondary N) is 1. The second kappa shape index (κ2) is 6.91. The van der Waals surface area contributed by atoms with E-state index in [4.69, 9.17) is 9.47 Å². The lowest BCUT2D eigenvalue weighted by molar-refractivity contribution is 0.171. The first kappa shape index (κ1) is 14.4. The summed E-state index contributed by atoms with van der Waals surface area (Å²) in [5.41, 5.74) is 2.40. The van der Waals surface area contributed by atoms with E-state index in [0.29, 0.717) is 13.2 Å². The molecule has 0 fully saturated rings. The van der Waals surface area contributed by atoms with Gasteiger partial charge in [0.1, 0.15) is 13.2 Å². The molecule has 1 aliphatic rings. The Labute approximate surface area is 129 Å². The van der Waals surface area contributed by atoms with Crippen molar-refractivity contribution >= 4 is 11.3 Å². The fourth-order valence-electron chi connectivity index (χ4n) is 2.28. The van der Waals surface area contributed by atoms with Crippen molar-refractivity contribution in [3.05, 3.63) is 39.8 Å². The van der Waals surface area contributed by atoms with Crippen molar-refractivity contribution in [2.75, 3.05) is 19.8 Å². The van der Waals surface area contributed by atoms with Gasteiger partial charge in [0.2, 0.25) is 0 Å². The lowest BCUT2D eigenvalue weighted by Crippen LogP contribution is -2.18. The van der Waals surface area contributed by atoms with Crippen LogP contribution in [0.4, 0.5) is 0 Å². The third-order valence-corrected chi connectivity index (χ3v) is 4.45. The summed E-state index contributed by atoms with van der Waals surface area (Å²) in [7, 11) is 0. The Balaban J connectivity index is 1.47. The lowest BCUT2D eigenvalue weighted by Gasteiger charge is -2.18. The molecule has 1 aromatic heterocycles. The summed E-state index contributed by atoms with van der Waals surface area (Å²) in [4.78, 5) is 4.55. The molecule has 0 amide bonds. The summed E-state index contributed by atoms with van der Waals surface area (Å²) < 4.78 is 11.1. The first-order valence-corrected chi connectivity index (χ1v) is 8.25. The highest BCUT2D eigenvalue weighted by molar-refractivity contribution is 7.09. The monoisotopic (exact) mass is 304 g/mol. The van der Waals surface area contributed by atoms with E-state index in [2.05, 4.69) is 34.7 Å². The van der Waals surface area contributed by atoms with Crippen molar-refractivity contribution in [2.45, 2.75) is 26.3 Å². The maximum atomic E-state index is 5.60. The molecule has 1 N–H and O–H groups in total. The molecular formula is C16H20N2O2S. The molecule has 0 bridgehead atoms. The number of nitrogens with zero attached hydrogens (tertiary/aromatic N) is 1. The summed E-state index contributed by atoms with van der Waals surface area (Å²) in [6, 6.07) is 6.18. The number of ether oxygens (including phenoxy) is 2. The van der Waals surface area contributed by atoms with Crippen LogP contribution in [0.2, 0.25) is 0 Å². The Bertz CT molecular complexity index is 598. The summed E-state index contributed by atoms with van der Waals surface area (Å²) in [6.07, 6.45) is 1.99. The molecule has 0 saturated carbocycles. The van der Waals surface area contributed by atoms with Crippen LogP contribution in [-0.2, 0) is 19.4 Å². The van der Waals surface area contributed by atoms with Crippen LogP contribution in [0.1, 0.15) is 23.2 Å². The first-order valence-electron chi connectivity index (χ1n) is 7.37. The Kier molecular flexibility index (Phi) is 4.72. The van der Waals surface area contributed by atoms with Crippen molar-refractivity contribution in [3.63, 3.8) is 0 Å². The smallest absolute Gasteiger partial charge is 0.161 e. The van der Waals surface area contributed by atoms with Crippen molar-refractivity contribution in [1.29, 1.82) is 0 Å². The molecule has 21 heavy (non-hydrogen) atoms. The molecule has 0 radical (unpaired) electrons. The Morgan fingerprint density at radius 2 is 2.10 bits per heavy atom. The molecule has 2 aromatic rings. The van der Waals surface area contributed by atoms with E-state index < -0.39 is 0 Å². The standard InChI is InChI=1S/C16H20N2O2S/c1-2-16-18-13(11-21-16)10-17-6-5-12-3-4-14-15(9-12)20-8-7-19-14/h3-4,9,11,17H,2,5-8,10H2,1H3. The topological polar surface area (TPSA) is 43.4 Å². The minimum atomic E-state index is 0.637. The average Bonchev–Trinajstić information content (AvgIpc) is 2.99. The predicted molar refractivity (Wildman–Crippen MR) is 84.3 cm³/mol. The van der Waals surface area contributed by atoms with E-state index in [0.717, 1.165) is 43.1 Å². The maximum Gasteiger partial charge on any atom is 0.161 e. The van der Waals surface area contributed by atoms with E-state index in [1.165, 1.54) is 10.6 Å². The zero-order valence-corrected chi connectivity index (χ0v) is 13.0. The molecule has 0 atom stereocenters. The number of hydrogen-bond donors (Lipinski definition) is 1. The number of hydrogen-bond acceptors (Lipinski definition) is 5. The Hall–Kier alpha value is -1.59. The van der Waals surface area contributed by atoms with Crippen LogP contribution in [-0.4, -0.2) is 24.7 Å². The van der Waals surface area contributed by atoms with E-state index in [1.807, 2.05) is 6.07 Å². The SMILES string of the molecule is CCc1nc(CNCCc2ccc3c(c2)OCCO3)cs1. The Morgan fingerprint density at radius 3 is 2.90 bits per heavy atom. The highest BCUT2D eigenvalue weighted by Gasteiger charge is 2.11. The third kappa shape index (κ3) is 3.74. The molecule has 5 heteroatoms. The summed E-state index contributed by atoms with van der Waals surface area (Å²) in [5.74, 6) is 1.72. The molecule has 1 aromatic carbocycles. The summed E-state index contributed by atoms with van der Waals surface area (Å²) in [6.45, 7) is 5.18. The molecule has 0 saturated heterocycles. The molecule has 0 unspecified atom stereocenters. The van der Waals surface area contributed by atoms with Gasteiger partial charge in [0.25, 0.3) is 0 Å². The van der Waals surface area contributed by atoms with Crippen molar-refractivity contribution in [3.8, 4) is 11.5 Å². The number of aromatic nitrogens is 1. The number of benzene rings is 1. The van der Waals surface area contributed by atoms with Gasteiger partial charge >= 0.3 is 0 Å². The molecule has 112 valence electrons. The normalized spacial score (nSPS) is 13.4. The summed E-state index contributed by atoms with van der Waals surface area (Å²) in [5, 5.41) is 6.78. The van der Waals surface area contributed by atoms with Crippen LogP contribution in [0, 0.1) is 0 Å². The molecule has 4 nitrogen and oxygen atoms in total. The van der Waals surface area contributed by atoms with Crippen LogP contribution < -0.4 is 14.8 Å². The number of aryl methyl sites for hydroxylation is 1. The second-order valence-corrected chi connectivity index (χ2v) is 5.93. The molecule has 0 spiro atoms. The van der Waals surface area contributed by atoms with Gasteiger partial charge in [-0.2, -0.15) is 0 Å². The maximum absolute atomic E-state index is 5.60. The molecule has 0 aliphatic carbocycles. The lowest BCUT2D eigenvalue weighted by atomic mass is 10.1. The van der Waals surface area contributed by atoms with E-state index >= 15 is 0 Å². The first-order chi connectivity index (χ1) is 10.3. The third-order valence-electron chi connectivity index (χ3n) is 3.40. The summed E-state index contributed by atoms with van der Waals surface area (Å²) >= 11 is 1.74. The van der Waals surface area contributed by atoms with Gasteiger partial charge in [0, 0.05) is 11.9 Å². The average molecular weight is 304 g/mol. The largest absolute Gasteiger partial charge is 0.486 e. The zero-order valence-electron chi connectivity index (χ0n) is 12.2. The van der Waals surface area contributed by atoms with Crippen LogP contribution in [0.25, 0.3) is 0 Å². The van der Waals surface area contributed by atoms with Crippen LogP contribution in [0.15, 0.2) is 23.6 Å². The highest BCUT2D eigenvalue weighted by Crippen LogP contribution is 2.30. The van der Waals surface area contributed by atoms with Gasteiger partial charge in [-0.3, -0.25) is 0 Å². The van der Waals surface area contributed by atoms with Gasteiger partial charge in [0.05, 0.1) is 10.7 Å². The number of thiazole rings is 1. The minimum Gasteiger partial charge on any atom is -0.486 e. The van der Waals surface area contributed by atoms with Gasteiger partial charge in [-0.05, 0) is 37.1 Å². The molecule has 2 heterocycles. The van der Waals surface area contributed by atoms with Crippen molar-refractivity contribution in [2.24, 2.45) is 0 Å². The van der Waals surface area contributed by atoms with Gasteiger partial charge in [-0.25, -0.2) is 4.98 Å². The zero-order chi connectivity index (χ0) is 14.5. The quantitative estimate of drug-likeness (QED) is 0.834. The van der Waals surface area contributed by atoms with Crippen LogP contribution in [0.5, 0.6) is 11.5 Å². The number of rotatable bonds is 6. The fraction of sp³-hybridized carbons (Fsp3) is 0.438. The van der Waals surface area contributed by atoms with Gasteiger partial charge in [-0.15, -0.1) is 11.3 Å². The van der Waals surface area contributed by atoms with E-state index in [9.17, 15) is 0 Å². The second-order valence-electron chi connectivity index (χ2n) is 4.99. The fourth-order valence-corrected chi connectivity index (χ4v) is 3.03. The molecule has 3 rings (SSSR count). The Morgan fingerprint density at radius 1 is 1.24 bits per heavy atom.